The summed E-state index contributed by atoms with van der Waals surface area (Å²) in [6, 6.07) is 0. The van der Waals surface area contributed by atoms with Crippen molar-refractivity contribution in [2.75, 3.05) is 19.8 Å². The Morgan fingerprint density at radius 1 is 0.542 bits per heavy atom. The maximum atomic E-state index is 12.7. The number of esters is 2. The Labute approximate surface area is 356 Å². The highest BCUT2D eigenvalue weighted by Gasteiger charge is 2.44. The molecule has 1 heterocycles. The number of carbonyl (C=O) groups excluding carboxylic acids is 2. The van der Waals surface area contributed by atoms with Crippen molar-refractivity contribution >= 4 is 11.9 Å². The van der Waals surface area contributed by atoms with Gasteiger partial charge in [-0.15, -0.1) is 0 Å². The minimum Gasteiger partial charge on any atom is -0.462 e. The molecule has 0 radical (unpaired) electrons. The molecule has 1 aliphatic heterocycles. The minimum absolute atomic E-state index is 0.0988. The van der Waals surface area contributed by atoms with Gasteiger partial charge in [-0.25, -0.2) is 0 Å². The van der Waals surface area contributed by atoms with E-state index in [2.05, 4.69) is 86.8 Å². The zero-order valence-electron chi connectivity index (χ0n) is 36.5. The van der Waals surface area contributed by atoms with E-state index < -0.39 is 55.4 Å². The van der Waals surface area contributed by atoms with Crippen LogP contribution < -0.4 is 0 Å². The zero-order chi connectivity index (χ0) is 43.0. The number of unbranched alkanes of at least 4 members (excludes halogenated alkanes) is 11. The molecule has 336 valence electrons. The zero-order valence-corrected chi connectivity index (χ0v) is 36.5. The summed E-state index contributed by atoms with van der Waals surface area (Å²) in [4.78, 5) is 25.3. The Morgan fingerprint density at radius 2 is 1.03 bits per heavy atom. The first-order chi connectivity index (χ1) is 28.8. The SMILES string of the molecule is CC/C=C/C/C=C/C/C=C/C/C=C/C/C=C/C/C=C/CCC(=O)O[C@H](COC(=O)CCCCCCC/C=C/CCCCCCCC)CO[C@@H]1O[C@H](CO)[C@H](O)C(O)C1O. The van der Waals surface area contributed by atoms with E-state index in [4.69, 9.17) is 18.9 Å². The molecule has 10 heteroatoms. The summed E-state index contributed by atoms with van der Waals surface area (Å²) >= 11 is 0. The van der Waals surface area contributed by atoms with Gasteiger partial charge < -0.3 is 39.4 Å². The number of aliphatic hydroxyl groups is 4. The quantitative estimate of drug-likeness (QED) is 0.0273. The fourth-order valence-electron chi connectivity index (χ4n) is 6.21. The standard InChI is InChI=1S/C49H80O10/c1-3-5-7-9-11-13-15-17-19-20-21-22-24-26-28-30-32-34-36-38-45(52)58-42(41-57-49-48(55)47(54)46(53)43(39-50)59-49)40-56-44(51)37-35-33-31-29-27-25-23-18-16-14-12-10-8-6-4-2/h5,7,11,13,17-19,21-23,26,28,32,34,42-43,46-50,53-55H,3-4,6,8-10,12,14-16,20,24-25,27,29-31,33,35-41H2,1-2H3/b7-5+,13-11+,19-17+,22-21+,23-18+,28-26+,34-32+/t42-,43-,46+,47?,48?,49-/m1/s1. The second-order valence-electron chi connectivity index (χ2n) is 15.1. The lowest BCUT2D eigenvalue weighted by Gasteiger charge is -2.39. The van der Waals surface area contributed by atoms with Crippen molar-refractivity contribution in [2.45, 2.75) is 192 Å². The molecule has 0 saturated carbocycles. The van der Waals surface area contributed by atoms with Crippen LogP contribution >= 0.6 is 0 Å². The van der Waals surface area contributed by atoms with E-state index in [1.807, 2.05) is 12.2 Å². The van der Waals surface area contributed by atoms with Crippen LogP contribution in [0.3, 0.4) is 0 Å². The van der Waals surface area contributed by atoms with Crippen molar-refractivity contribution in [1.29, 1.82) is 0 Å². The van der Waals surface area contributed by atoms with E-state index in [0.29, 0.717) is 12.8 Å². The molecule has 0 aromatic carbocycles. The molecule has 0 aromatic rings. The summed E-state index contributed by atoms with van der Waals surface area (Å²) in [7, 11) is 0. The van der Waals surface area contributed by atoms with Crippen LogP contribution in [0, 0.1) is 0 Å². The van der Waals surface area contributed by atoms with E-state index in [-0.39, 0.29) is 26.1 Å². The van der Waals surface area contributed by atoms with Gasteiger partial charge in [0.2, 0.25) is 0 Å². The molecule has 1 saturated heterocycles. The first-order valence-electron chi connectivity index (χ1n) is 22.7. The molecule has 0 bridgehead atoms. The van der Waals surface area contributed by atoms with Crippen LogP contribution in [0.15, 0.2) is 85.1 Å². The highest BCUT2D eigenvalue weighted by atomic mass is 16.7. The average molecular weight is 829 g/mol. The normalized spacial score (nSPS) is 20.8. The van der Waals surface area contributed by atoms with Crippen molar-refractivity contribution < 1.29 is 49.0 Å². The first-order valence-corrected chi connectivity index (χ1v) is 22.7. The number of allylic oxidation sites excluding steroid dienone is 14. The Balaban J connectivity index is 2.40. The van der Waals surface area contributed by atoms with Crippen molar-refractivity contribution in [2.24, 2.45) is 0 Å². The molecule has 10 nitrogen and oxygen atoms in total. The molecule has 0 aliphatic carbocycles. The number of ether oxygens (including phenoxy) is 4. The molecule has 4 N–H and O–H groups in total. The van der Waals surface area contributed by atoms with Gasteiger partial charge in [0, 0.05) is 12.8 Å². The van der Waals surface area contributed by atoms with E-state index in [0.717, 1.165) is 70.6 Å². The number of carbonyl (C=O) groups is 2. The Hall–Kier alpha value is -3.12. The number of hydrogen-bond acceptors (Lipinski definition) is 10. The topological polar surface area (TPSA) is 152 Å². The fourth-order valence-corrected chi connectivity index (χ4v) is 6.21. The second kappa shape index (κ2) is 39.0. The summed E-state index contributed by atoms with van der Waals surface area (Å²) in [5, 5.41) is 40.1. The van der Waals surface area contributed by atoms with E-state index in [9.17, 15) is 30.0 Å². The molecule has 2 unspecified atom stereocenters. The summed E-state index contributed by atoms with van der Waals surface area (Å²) < 4.78 is 22.1. The predicted molar refractivity (Wildman–Crippen MR) is 237 cm³/mol. The summed E-state index contributed by atoms with van der Waals surface area (Å²) in [6.07, 6.45) is 43.1. The van der Waals surface area contributed by atoms with Crippen molar-refractivity contribution in [3.05, 3.63) is 85.1 Å². The molecule has 59 heavy (non-hydrogen) atoms. The molecular formula is C49H80O10. The monoisotopic (exact) mass is 829 g/mol. The molecule has 0 amide bonds. The Kier molecular flexibility index (Phi) is 35.7. The number of hydrogen-bond donors (Lipinski definition) is 4. The average Bonchev–Trinajstić information content (AvgIpc) is 3.23. The maximum Gasteiger partial charge on any atom is 0.306 e. The van der Waals surface area contributed by atoms with Gasteiger partial charge in [-0.05, 0) is 77.0 Å². The van der Waals surface area contributed by atoms with Crippen LogP contribution in [-0.4, -0.2) is 89.0 Å². The Bertz CT molecular complexity index is 1230. The smallest absolute Gasteiger partial charge is 0.306 e. The highest BCUT2D eigenvalue weighted by Crippen LogP contribution is 2.22. The largest absolute Gasteiger partial charge is 0.462 e. The van der Waals surface area contributed by atoms with Gasteiger partial charge >= 0.3 is 11.9 Å². The Morgan fingerprint density at radius 3 is 1.58 bits per heavy atom. The predicted octanol–water partition coefficient (Wildman–Crippen LogP) is 9.77. The lowest BCUT2D eigenvalue weighted by atomic mass is 9.99. The molecule has 1 aliphatic rings. The minimum atomic E-state index is -1.61. The fraction of sp³-hybridized carbons (Fsp3) is 0.673. The van der Waals surface area contributed by atoms with E-state index in [1.165, 1.54) is 44.9 Å². The van der Waals surface area contributed by atoms with Gasteiger partial charge in [-0.3, -0.25) is 9.59 Å². The number of aliphatic hydroxyl groups excluding tert-OH is 4. The van der Waals surface area contributed by atoms with Crippen LogP contribution in [0.5, 0.6) is 0 Å². The molecule has 1 fully saturated rings. The molecule has 6 atom stereocenters. The third-order valence-corrected chi connectivity index (χ3v) is 9.78. The third-order valence-electron chi connectivity index (χ3n) is 9.78. The van der Waals surface area contributed by atoms with Gasteiger partial charge in [-0.1, -0.05) is 150 Å². The highest BCUT2D eigenvalue weighted by molar-refractivity contribution is 5.70. The van der Waals surface area contributed by atoms with Crippen molar-refractivity contribution in [3.8, 4) is 0 Å². The summed E-state index contributed by atoms with van der Waals surface area (Å²) in [5.41, 5.74) is 0. The number of rotatable bonds is 36. The molecule has 0 spiro atoms. The van der Waals surface area contributed by atoms with Gasteiger partial charge in [0.15, 0.2) is 12.4 Å². The summed E-state index contributed by atoms with van der Waals surface area (Å²) in [5.74, 6) is -0.922. The van der Waals surface area contributed by atoms with Gasteiger partial charge in [0.25, 0.3) is 0 Å². The first kappa shape index (κ1) is 53.9. The maximum absolute atomic E-state index is 12.7. The van der Waals surface area contributed by atoms with Crippen LogP contribution in [-0.2, 0) is 28.5 Å². The van der Waals surface area contributed by atoms with Crippen molar-refractivity contribution in [1.82, 2.24) is 0 Å². The van der Waals surface area contributed by atoms with Gasteiger partial charge in [-0.2, -0.15) is 0 Å². The van der Waals surface area contributed by atoms with Crippen molar-refractivity contribution in [3.63, 3.8) is 0 Å². The molecule has 0 aromatic heterocycles. The second-order valence-corrected chi connectivity index (χ2v) is 15.1. The van der Waals surface area contributed by atoms with E-state index in [1.54, 1.807) is 0 Å². The lowest BCUT2D eigenvalue weighted by Crippen LogP contribution is -2.59. The van der Waals surface area contributed by atoms with Gasteiger partial charge in [0.05, 0.1) is 13.2 Å². The van der Waals surface area contributed by atoms with Crippen LogP contribution in [0.1, 0.15) is 155 Å². The molecular weight excluding hydrogens is 749 g/mol. The van der Waals surface area contributed by atoms with Crippen LogP contribution in [0.25, 0.3) is 0 Å². The summed E-state index contributed by atoms with van der Waals surface area (Å²) in [6.45, 7) is 3.20. The lowest BCUT2D eigenvalue weighted by molar-refractivity contribution is -0.305. The van der Waals surface area contributed by atoms with Crippen LogP contribution in [0.4, 0.5) is 0 Å². The molecule has 1 rings (SSSR count). The van der Waals surface area contributed by atoms with E-state index >= 15 is 0 Å². The van der Waals surface area contributed by atoms with Gasteiger partial charge in [0.1, 0.15) is 31.0 Å². The third kappa shape index (κ3) is 30.5. The van der Waals surface area contributed by atoms with Crippen LogP contribution in [0.2, 0.25) is 0 Å².